The number of carboxylic acid groups (broad SMARTS) is 1. The van der Waals surface area contributed by atoms with E-state index < -0.39 is 30.2 Å². The molecule has 0 spiro atoms. The zero-order valence-corrected chi connectivity index (χ0v) is 17.8. The van der Waals surface area contributed by atoms with Crippen LogP contribution < -0.4 is 10.1 Å². The maximum atomic E-state index is 14.3. The molecule has 2 N–H and O–H groups in total. The Bertz CT molecular complexity index is 1340. The van der Waals surface area contributed by atoms with Crippen LogP contribution in [0.3, 0.4) is 0 Å². The molecule has 1 heterocycles. The fourth-order valence-corrected chi connectivity index (χ4v) is 3.68. The molecule has 4 aromatic rings. The summed E-state index contributed by atoms with van der Waals surface area (Å²) < 4.78 is 19.7. The van der Waals surface area contributed by atoms with Gasteiger partial charge >= 0.3 is 5.97 Å². The Labute approximate surface area is 189 Å². The molecule has 0 bridgehead atoms. The van der Waals surface area contributed by atoms with Crippen molar-refractivity contribution in [1.29, 1.82) is 0 Å². The van der Waals surface area contributed by atoms with Gasteiger partial charge in [0.05, 0.1) is 19.6 Å². The number of ether oxygens (including phenoxy) is 1. The average Bonchev–Trinajstić information content (AvgIpc) is 2.83. The maximum Gasteiger partial charge on any atom is 0.305 e. The smallest absolute Gasteiger partial charge is 0.305 e. The average molecular weight is 444 g/mol. The lowest BCUT2D eigenvalue weighted by atomic mass is 10.0. The van der Waals surface area contributed by atoms with E-state index in [0.717, 1.165) is 16.3 Å². The molecule has 0 saturated carbocycles. The highest BCUT2D eigenvalue weighted by molar-refractivity contribution is 5.94. The van der Waals surface area contributed by atoms with Crippen LogP contribution in [0.15, 0.2) is 78.9 Å². The van der Waals surface area contributed by atoms with E-state index in [1.54, 1.807) is 12.1 Å². The molecule has 3 aromatic carbocycles. The van der Waals surface area contributed by atoms with Crippen molar-refractivity contribution in [3.05, 3.63) is 95.9 Å². The summed E-state index contributed by atoms with van der Waals surface area (Å²) in [7, 11) is 1.52. The number of rotatable bonds is 7. The molecule has 1 amide bonds. The Balaban J connectivity index is 1.68. The van der Waals surface area contributed by atoms with E-state index in [1.807, 2.05) is 42.5 Å². The van der Waals surface area contributed by atoms with Gasteiger partial charge < -0.3 is 15.2 Å². The van der Waals surface area contributed by atoms with Crippen LogP contribution in [0.25, 0.3) is 22.0 Å². The molecule has 1 atom stereocenters. The lowest BCUT2D eigenvalue weighted by Crippen LogP contribution is -2.31. The van der Waals surface area contributed by atoms with Gasteiger partial charge in [0.1, 0.15) is 23.0 Å². The number of halogens is 1. The van der Waals surface area contributed by atoms with Crippen LogP contribution in [0.2, 0.25) is 0 Å². The second-order valence-corrected chi connectivity index (χ2v) is 7.45. The predicted octanol–water partition coefficient (Wildman–Crippen LogP) is 5.00. The second-order valence-electron chi connectivity index (χ2n) is 7.45. The van der Waals surface area contributed by atoms with Crippen LogP contribution in [0.1, 0.15) is 28.5 Å². The van der Waals surface area contributed by atoms with Crippen LogP contribution in [0.4, 0.5) is 4.39 Å². The third kappa shape index (κ3) is 4.82. The normalized spacial score (nSPS) is 11.7. The predicted molar refractivity (Wildman–Crippen MR) is 123 cm³/mol. The van der Waals surface area contributed by atoms with E-state index in [2.05, 4.69) is 10.3 Å². The van der Waals surface area contributed by atoms with Gasteiger partial charge in [0.25, 0.3) is 5.91 Å². The van der Waals surface area contributed by atoms with E-state index in [0.29, 0.717) is 11.4 Å². The highest BCUT2D eigenvalue weighted by Gasteiger charge is 2.23. The van der Waals surface area contributed by atoms with Crippen molar-refractivity contribution in [1.82, 2.24) is 10.3 Å². The fourth-order valence-electron chi connectivity index (χ4n) is 3.68. The summed E-state index contributed by atoms with van der Waals surface area (Å²) in [5, 5.41) is 13.9. The van der Waals surface area contributed by atoms with Crippen LogP contribution in [0, 0.1) is 5.82 Å². The van der Waals surface area contributed by atoms with Crippen molar-refractivity contribution in [2.45, 2.75) is 12.5 Å². The standard InChI is InChI=1S/C26H21FN2O4/c1-33-23-13-12-21(28-25(23)18-11-10-16-6-2-3-7-17(16)14-18)26(32)29-22(15-24(30)31)19-8-4-5-9-20(19)27/h2-14,22H,15H2,1H3,(H,29,32)(H,30,31). The number of carboxylic acids is 1. The van der Waals surface area contributed by atoms with Crippen molar-refractivity contribution in [2.75, 3.05) is 7.11 Å². The van der Waals surface area contributed by atoms with Gasteiger partial charge in [0.2, 0.25) is 0 Å². The van der Waals surface area contributed by atoms with Crippen LogP contribution in [-0.4, -0.2) is 29.1 Å². The summed E-state index contributed by atoms with van der Waals surface area (Å²) in [6.07, 6.45) is -0.472. The van der Waals surface area contributed by atoms with Gasteiger partial charge in [0.15, 0.2) is 0 Å². The first-order chi connectivity index (χ1) is 16.0. The second kappa shape index (κ2) is 9.48. The SMILES string of the molecule is COc1ccc(C(=O)NC(CC(=O)O)c2ccccc2F)nc1-c1ccc2ccccc2c1. The van der Waals surface area contributed by atoms with E-state index in [9.17, 15) is 19.1 Å². The minimum Gasteiger partial charge on any atom is -0.494 e. The van der Waals surface area contributed by atoms with E-state index in [4.69, 9.17) is 4.74 Å². The van der Waals surface area contributed by atoms with Gasteiger partial charge in [-0.05, 0) is 35.0 Å². The summed E-state index contributed by atoms with van der Waals surface area (Å²) in [5.41, 5.74) is 1.38. The number of nitrogens with one attached hydrogen (secondary N) is 1. The molecular weight excluding hydrogens is 423 g/mol. The molecule has 0 aliphatic rings. The summed E-state index contributed by atoms with van der Waals surface area (Å²) in [6.45, 7) is 0. The largest absolute Gasteiger partial charge is 0.494 e. The molecule has 0 saturated heterocycles. The van der Waals surface area contributed by atoms with Crippen molar-refractivity contribution >= 4 is 22.6 Å². The van der Waals surface area contributed by atoms with E-state index >= 15 is 0 Å². The molecule has 1 unspecified atom stereocenters. The molecule has 33 heavy (non-hydrogen) atoms. The topological polar surface area (TPSA) is 88.5 Å². The Hall–Kier alpha value is -4.26. The Kier molecular flexibility index (Phi) is 6.31. The van der Waals surface area contributed by atoms with Crippen molar-refractivity contribution in [3.63, 3.8) is 0 Å². The van der Waals surface area contributed by atoms with E-state index in [1.165, 1.54) is 31.4 Å². The molecule has 0 radical (unpaired) electrons. The number of pyridine rings is 1. The number of carbonyl (C=O) groups excluding carboxylic acids is 1. The molecule has 0 aliphatic carbocycles. The Morgan fingerprint density at radius 2 is 1.73 bits per heavy atom. The molecule has 6 nitrogen and oxygen atoms in total. The number of aromatic nitrogens is 1. The number of hydrogen-bond donors (Lipinski definition) is 2. The maximum absolute atomic E-state index is 14.3. The van der Waals surface area contributed by atoms with Crippen molar-refractivity contribution < 1.29 is 23.8 Å². The van der Waals surface area contributed by atoms with Crippen LogP contribution >= 0.6 is 0 Å². The number of benzene rings is 3. The number of aliphatic carboxylic acids is 1. The Morgan fingerprint density at radius 3 is 2.45 bits per heavy atom. The molecular formula is C26H21FN2O4. The highest BCUT2D eigenvalue weighted by Crippen LogP contribution is 2.31. The number of carbonyl (C=O) groups is 2. The first-order valence-corrected chi connectivity index (χ1v) is 10.3. The summed E-state index contributed by atoms with van der Waals surface area (Å²) in [6, 6.07) is 21.5. The van der Waals surface area contributed by atoms with E-state index in [-0.39, 0.29) is 11.3 Å². The Morgan fingerprint density at radius 1 is 1.00 bits per heavy atom. The summed E-state index contributed by atoms with van der Waals surface area (Å²) >= 11 is 0. The monoisotopic (exact) mass is 444 g/mol. The van der Waals surface area contributed by atoms with Gasteiger partial charge in [0, 0.05) is 11.1 Å². The molecule has 4 rings (SSSR count). The van der Waals surface area contributed by atoms with Crippen LogP contribution in [-0.2, 0) is 4.79 Å². The number of amides is 1. The van der Waals surface area contributed by atoms with Crippen molar-refractivity contribution in [2.24, 2.45) is 0 Å². The zero-order chi connectivity index (χ0) is 23.4. The number of hydrogen-bond acceptors (Lipinski definition) is 4. The minimum atomic E-state index is -1.16. The minimum absolute atomic E-state index is 0.0608. The van der Waals surface area contributed by atoms with Gasteiger partial charge in [-0.15, -0.1) is 0 Å². The van der Waals surface area contributed by atoms with Gasteiger partial charge in [-0.1, -0.05) is 54.6 Å². The molecule has 0 fully saturated rings. The van der Waals surface area contributed by atoms with Gasteiger partial charge in [-0.25, -0.2) is 9.37 Å². The zero-order valence-electron chi connectivity index (χ0n) is 17.8. The fraction of sp³-hybridized carbons (Fsp3) is 0.115. The molecule has 7 heteroatoms. The lowest BCUT2D eigenvalue weighted by Gasteiger charge is -2.18. The number of fused-ring (bicyclic) bond motifs is 1. The number of nitrogens with zero attached hydrogens (tertiary/aromatic N) is 1. The third-order valence-electron chi connectivity index (χ3n) is 5.30. The first-order valence-electron chi connectivity index (χ1n) is 10.3. The quantitative estimate of drug-likeness (QED) is 0.419. The summed E-state index contributed by atoms with van der Waals surface area (Å²) in [5.74, 6) is -1.89. The lowest BCUT2D eigenvalue weighted by molar-refractivity contribution is -0.137. The van der Waals surface area contributed by atoms with Crippen molar-refractivity contribution in [3.8, 4) is 17.0 Å². The van der Waals surface area contributed by atoms with Crippen LogP contribution in [0.5, 0.6) is 5.75 Å². The number of methoxy groups -OCH3 is 1. The summed E-state index contributed by atoms with van der Waals surface area (Å²) in [4.78, 5) is 28.8. The highest BCUT2D eigenvalue weighted by atomic mass is 19.1. The molecule has 166 valence electrons. The molecule has 0 aliphatic heterocycles. The third-order valence-corrected chi connectivity index (χ3v) is 5.30. The first kappa shape index (κ1) is 22.0. The van der Waals surface area contributed by atoms with Gasteiger partial charge in [-0.2, -0.15) is 0 Å². The van der Waals surface area contributed by atoms with Gasteiger partial charge in [-0.3, -0.25) is 9.59 Å². The molecule has 1 aromatic heterocycles.